The van der Waals surface area contributed by atoms with Crippen LogP contribution in [0.4, 0.5) is 5.13 Å². The highest BCUT2D eigenvalue weighted by atomic mass is 32.2. The number of oxime groups is 1. The van der Waals surface area contributed by atoms with E-state index in [-0.39, 0.29) is 29.5 Å². The highest BCUT2D eigenvalue weighted by Gasteiger charge is 2.54. The Bertz CT molecular complexity index is 1850. The van der Waals surface area contributed by atoms with E-state index >= 15 is 0 Å². The molecule has 6 rings (SSSR count). The van der Waals surface area contributed by atoms with Crippen molar-refractivity contribution in [3.8, 4) is 0 Å². The van der Waals surface area contributed by atoms with Crippen molar-refractivity contribution in [3.05, 3.63) is 130 Å². The summed E-state index contributed by atoms with van der Waals surface area (Å²) in [6.07, 6.45) is 0. The van der Waals surface area contributed by atoms with E-state index in [1.165, 1.54) is 49.1 Å². The molecule has 0 unspecified atom stereocenters. The average Bonchev–Trinajstić information content (AvgIpc) is 3.62. The van der Waals surface area contributed by atoms with Crippen molar-refractivity contribution in [2.45, 2.75) is 23.9 Å². The summed E-state index contributed by atoms with van der Waals surface area (Å²) in [6, 6.07) is 29.1. The molecular weight excluding hydrogens is 679 g/mol. The first-order valence-corrected chi connectivity index (χ1v) is 17.4. The quantitative estimate of drug-likeness (QED) is 0.0717. The summed E-state index contributed by atoms with van der Waals surface area (Å²) in [5.74, 6) is -2.18. The first-order chi connectivity index (χ1) is 24.3. The fourth-order valence-corrected chi connectivity index (χ4v) is 8.03. The van der Waals surface area contributed by atoms with Gasteiger partial charge >= 0.3 is 11.9 Å². The van der Waals surface area contributed by atoms with Crippen LogP contribution < -0.4 is 10.6 Å². The second kappa shape index (κ2) is 15.0. The number of nitrogens with zero attached hydrogens (tertiary/aromatic N) is 3. The molecule has 2 atom stereocenters. The normalized spacial score (nSPS) is 17.3. The molecule has 3 heterocycles. The number of carbonyl (C=O) groups excluding carboxylic acids is 4. The maximum Gasteiger partial charge on any atom is 0.354 e. The van der Waals surface area contributed by atoms with Gasteiger partial charge in [0, 0.05) is 23.6 Å². The van der Waals surface area contributed by atoms with Crippen LogP contribution in [0.5, 0.6) is 0 Å². The van der Waals surface area contributed by atoms with Crippen LogP contribution in [0.15, 0.2) is 113 Å². The fraction of sp³-hybridized carbons (Fsp3) is 0.222. The zero-order valence-corrected chi connectivity index (χ0v) is 29.0. The number of hydrogen-bond donors (Lipinski definition) is 2. The van der Waals surface area contributed by atoms with E-state index in [1.807, 2.05) is 54.6 Å². The summed E-state index contributed by atoms with van der Waals surface area (Å²) in [5.41, 5.74) is 2.64. The van der Waals surface area contributed by atoms with E-state index in [0.717, 1.165) is 16.7 Å². The lowest BCUT2D eigenvalue weighted by Gasteiger charge is -2.49. The van der Waals surface area contributed by atoms with Crippen LogP contribution in [-0.4, -0.2) is 77.3 Å². The summed E-state index contributed by atoms with van der Waals surface area (Å²) in [5, 5.41) is 12.0. The Labute approximate surface area is 296 Å². The van der Waals surface area contributed by atoms with Gasteiger partial charge in [0.05, 0.1) is 7.11 Å². The minimum Gasteiger partial charge on any atom is -0.464 e. The molecule has 4 aromatic rings. The monoisotopic (exact) mass is 711 g/mol. The fourth-order valence-electron chi connectivity index (χ4n) is 5.95. The predicted octanol–water partition coefficient (Wildman–Crippen LogP) is 4.29. The summed E-state index contributed by atoms with van der Waals surface area (Å²) >= 11 is 2.61. The standard InChI is InChI=1S/C36H33N5O7S2/c1-22(42)48-19-23-20-49-33-29(32(44)41(33)30(23)34(45)46-2)38-31(43)28(40-47-3)27-21-50-35(37-27)39-36(24-13-7-4-8-14-24,25-15-9-5-10-16-25)26-17-11-6-12-18-26/h4-18,21,29,33H,19-20H2,1-3H3,(H,37,39)(H,38,43)/b40-28-/t29-,33-/m1/s1. The molecule has 2 aliphatic rings. The zero-order valence-electron chi connectivity index (χ0n) is 27.3. The molecule has 50 heavy (non-hydrogen) atoms. The van der Waals surface area contributed by atoms with Crippen LogP contribution in [0, 0.1) is 0 Å². The molecule has 1 fully saturated rings. The van der Waals surface area contributed by atoms with Gasteiger partial charge in [-0.1, -0.05) is 96.2 Å². The third-order valence-corrected chi connectivity index (χ3v) is 10.3. The third-order valence-electron chi connectivity index (χ3n) is 8.22. The van der Waals surface area contributed by atoms with Gasteiger partial charge in [-0.3, -0.25) is 19.3 Å². The van der Waals surface area contributed by atoms with Gasteiger partial charge in [-0.2, -0.15) is 0 Å². The van der Waals surface area contributed by atoms with Gasteiger partial charge in [0.25, 0.3) is 11.8 Å². The summed E-state index contributed by atoms with van der Waals surface area (Å²) in [4.78, 5) is 62.3. The van der Waals surface area contributed by atoms with E-state index in [1.54, 1.807) is 5.38 Å². The van der Waals surface area contributed by atoms with E-state index < -0.39 is 40.7 Å². The summed E-state index contributed by atoms with van der Waals surface area (Å²) < 4.78 is 10.0. The van der Waals surface area contributed by atoms with Gasteiger partial charge in [-0.15, -0.1) is 23.1 Å². The van der Waals surface area contributed by atoms with Gasteiger partial charge in [0.1, 0.15) is 42.1 Å². The number of ether oxygens (including phenoxy) is 2. The average molecular weight is 712 g/mol. The van der Waals surface area contributed by atoms with Crippen LogP contribution in [0.2, 0.25) is 0 Å². The van der Waals surface area contributed by atoms with E-state index in [9.17, 15) is 19.2 Å². The van der Waals surface area contributed by atoms with Crippen molar-refractivity contribution in [2.24, 2.45) is 5.16 Å². The number of benzene rings is 3. The number of carbonyl (C=O) groups is 4. The van der Waals surface area contributed by atoms with Crippen molar-refractivity contribution in [3.63, 3.8) is 0 Å². The topological polar surface area (TPSA) is 149 Å². The highest BCUT2D eigenvalue weighted by molar-refractivity contribution is 8.00. The zero-order chi connectivity index (χ0) is 35.3. The Hall–Kier alpha value is -5.47. The number of esters is 2. The van der Waals surface area contributed by atoms with Gasteiger partial charge in [0.2, 0.25) is 0 Å². The van der Waals surface area contributed by atoms with Crippen LogP contribution in [-0.2, 0) is 39.0 Å². The van der Waals surface area contributed by atoms with E-state index in [4.69, 9.17) is 19.3 Å². The van der Waals surface area contributed by atoms with Crippen LogP contribution in [0.3, 0.4) is 0 Å². The molecule has 12 nitrogen and oxygen atoms in total. The number of fused-ring (bicyclic) bond motifs is 1. The Kier molecular flexibility index (Phi) is 10.3. The Balaban J connectivity index is 1.27. The molecular formula is C36H33N5O7S2. The second-order valence-electron chi connectivity index (χ2n) is 11.2. The lowest BCUT2D eigenvalue weighted by Crippen LogP contribution is -2.71. The number of methoxy groups -OCH3 is 1. The number of hydrogen-bond acceptors (Lipinski definition) is 12. The smallest absolute Gasteiger partial charge is 0.354 e. The number of thioether (sulfide) groups is 1. The number of thiazole rings is 1. The van der Waals surface area contributed by atoms with Gasteiger partial charge < -0.3 is 24.9 Å². The highest BCUT2D eigenvalue weighted by Crippen LogP contribution is 2.42. The Morgan fingerprint density at radius 3 is 2.04 bits per heavy atom. The SMILES string of the molecule is CO/N=C(\C(=O)N[C@@H]1C(=O)N2C(C(=O)OC)=C(COC(C)=O)CS[C@H]12)c1csc(NC(c2ccccc2)(c2ccccc2)c2ccccc2)n1. The number of β-lactam (4-membered cyclic amide) rings is 1. The third kappa shape index (κ3) is 6.59. The van der Waals surface area contributed by atoms with E-state index in [2.05, 4.69) is 52.2 Å². The van der Waals surface area contributed by atoms with Crippen LogP contribution in [0.1, 0.15) is 29.3 Å². The number of nitrogens with one attached hydrogen (secondary N) is 2. The van der Waals surface area contributed by atoms with Crippen molar-refractivity contribution in [2.75, 3.05) is 31.9 Å². The minimum atomic E-state index is -0.970. The second-order valence-corrected chi connectivity index (χ2v) is 13.2. The lowest BCUT2D eigenvalue weighted by molar-refractivity contribution is -0.151. The predicted molar refractivity (Wildman–Crippen MR) is 189 cm³/mol. The van der Waals surface area contributed by atoms with Crippen LogP contribution in [0.25, 0.3) is 0 Å². The lowest BCUT2D eigenvalue weighted by atomic mass is 9.77. The summed E-state index contributed by atoms with van der Waals surface area (Å²) in [7, 11) is 2.52. The van der Waals surface area contributed by atoms with Crippen molar-refractivity contribution in [1.29, 1.82) is 0 Å². The summed E-state index contributed by atoms with van der Waals surface area (Å²) in [6.45, 7) is 1.09. The van der Waals surface area contributed by atoms with Crippen molar-refractivity contribution >= 4 is 57.7 Å². The molecule has 2 N–H and O–H groups in total. The molecule has 0 saturated carbocycles. The molecule has 1 saturated heterocycles. The van der Waals surface area contributed by atoms with Gasteiger partial charge in [-0.05, 0) is 16.7 Å². The Morgan fingerprint density at radius 1 is 0.940 bits per heavy atom. The first-order valence-electron chi connectivity index (χ1n) is 15.5. The molecule has 0 bridgehead atoms. The number of amides is 2. The Morgan fingerprint density at radius 2 is 1.52 bits per heavy atom. The molecule has 14 heteroatoms. The van der Waals surface area contributed by atoms with Gasteiger partial charge in [0.15, 0.2) is 10.8 Å². The molecule has 0 aliphatic carbocycles. The van der Waals surface area contributed by atoms with E-state index in [0.29, 0.717) is 10.7 Å². The minimum absolute atomic E-state index is 0.00716. The number of anilines is 1. The van der Waals surface area contributed by atoms with Gasteiger partial charge in [-0.25, -0.2) is 9.78 Å². The molecule has 1 aromatic heterocycles. The largest absolute Gasteiger partial charge is 0.464 e. The maximum absolute atomic E-state index is 13.7. The van der Waals surface area contributed by atoms with Crippen molar-refractivity contribution < 1.29 is 33.5 Å². The number of aromatic nitrogens is 1. The number of rotatable bonds is 12. The first kappa shape index (κ1) is 34.4. The molecule has 2 aliphatic heterocycles. The maximum atomic E-state index is 13.7. The molecule has 0 spiro atoms. The van der Waals surface area contributed by atoms with Crippen molar-refractivity contribution in [1.82, 2.24) is 15.2 Å². The molecule has 3 aromatic carbocycles. The molecule has 256 valence electrons. The molecule has 2 amide bonds. The molecule has 0 radical (unpaired) electrons. The van der Waals surface area contributed by atoms with Crippen LogP contribution >= 0.6 is 23.1 Å².